The number of hydrogen-bond acceptors (Lipinski definition) is 6. The minimum absolute atomic E-state index is 0.109. The van der Waals surface area contributed by atoms with E-state index in [2.05, 4.69) is 37.2 Å². The van der Waals surface area contributed by atoms with Crippen LogP contribution in [0.3, 0.4) is 0 Å². The summed E-state index contributed by atoms with van der Waals surface area (Å²) in [6.45, 7) is 1.60. The number of carbonyl (C=O) groups excluding carboxylic acids is 4. The Kier molecular flexibility index (Phi) is 7.41. The van der Waals surface area contributed by atoms with Crippen LogP contribution in [0.1, 0.15) is 12.5 Å². The number of imide groups is 2. The van der Waals surface area contributed by atoms with E-state index >= 15 is 0 Å². The number of barbiturate groups is 1. The van der Waals surface area contributed by atoms with Crippen LogP contribution in [0.2, 0.25) is 0 Å². The molecule has 11 heteroatoms. The van der Waals surface area contributed by atoms with E-state index < -0.39 is 29.6 Å². The zero-order chi connectivity index (χ0) is 23.4. The number of urea groups is 1. The van der Waals surface area contributed by atoms with Gasteiger partial charge in [0.05, 0.1) is 21.2 Å². The molecule has 8 nitrogen and oxygen atoms in total. The Labute approximate surface area is 198 Å². The largest absolute Gasteiger partial charge is 0.480 e. The zero-order valence-corrected chi connectivity index (χ0v) is 19.7. The quantitative estimate of drug-likeness (QED) is 0.321. The van der Waals surface area contributed by atoms with Crippen molar-refractivity contribution in [3.05, 3.63) is 62.3 Å². The lowest BCUT2D eigenvalue weighted by Crippen LogP contribution is -2.54. The number of ether oxygens (including phenoxy) is 2. The van der Waals surface area contributed by atoms with Crippen LogP contribution < -0.4 is 15.0 Å². The molecule has 0 aromatic heterocycles. The lowest BCUT2D eigenvalue weighted by Gasteiger charge is -2.26. The number of nitrogens with zero attached hydrogens (tertiary/aromatic N) is 1. The molecule has 1 aliphatic rings. The van der Waals surface area contributed by atoms with E-state index in [0.29, 0.717) is 20.3 Å². The predicted octanol–water partition coefficient (Wildman–Crippen LogP) is 3.96. The molecule has 0 atom stereocenters. The minimum Gasteiger partial charge on any atom is -0.480 e. The fourth-order valence-electron chi connectivity index (χ4n) is 2.78. The molecule has 0 saturated carbocycles. The summed E-state index contributed by atoms with van der Waals surface area (Å²) in [5.74, 6) is -2.48. The topological polar surface area (TPSA) is 102 Å². The van der Waals surface area contributed by atoms with Gasteiger partial charge in [0.15, 0.2) is 6.61 Å². The summed E-state index contributed by atoms with van der Waals surface area (Å²) < 4.78 is 24.4. The predicted molar refractivity (Wildman–Crippen MR) is 119 cm³/mol. The van der Waals surface area contributed by atoms with Crippen molar-refractivity contribution in [2.24, 2.45) is 0 Å². The Bertz CT molecular complexity index is 1110. The highest BCUT2D eigenvalue weighted by Crippen LogP contribution is 2.35. The molecule has 0 spiro atoms. The number of carbonyl (C=O) groups is 4. The third-order valence-electron chi connectivity index (χ3n) is 4.16. The number of rotatable bonds is 6. The highest BCUT2D eigenvalue weighted by atomic mass is 79.9. The van der Waals surface area contributed by atoms with Gasteiger partial charge in [-0.2, -0.15) is 0 Å². The average molecular weight is 570 g/mol. The number of anilines is 1. The third kappa shape index (κ3) is 5.22. The van der Waals surface area contributed by atoms with Crippen LogP contribution in [0.5, 0.6) is 5.75 Å². The van der Waals surface area contributed by atoms with E-state index in [1.807, 2.05) is 0 Å². The first-order chi connectivity index (χ1) is 15.2. The SMILES string of the molecule is CCOC(=O)COc1c(Br)cc(/C=C2\C(=O)NC(=O)N(c3ccc(F)cc3)C2=O)cc1Br. The second-order valence-corrected chi connectivity index (χ2v) is 8.05. The van der Waals surface area contributed by atoms with Crippen molar-refractivity contribution in [2.45, 2.75) is 6.92 Å². The molecule has 0 radical (unpaired) electrons. The summed E-state index contributed by atoms with van der Waals surface area (Å²) in [7, 11) is 0. The summed E-state index contributed by atoms with van der Waals surface area (Å²) in [4.78, 5) is 49.7. The number of halogens is 3. The number of hydrogen-bond donors (Lipinski definition) is 1. The lowest BCUT2D eigenvalue weighted by atomic mass is 10.1. The van der Waals surface area contributed by atoms with Crippen molar-refractivity contribution in [1.82, 2.24) is 5.32 Å². The van der Waals surface area contributed by atoms with Gasteiger partial charge in [-0.3, -0.25) is 14.9 Å². The molecule has 0 bridgehead atoms. The van der Waals surface area contributed by atoms with E-state index in [9.17, 15) is 23.6 Å². The molecule has 1 saturated heterocycles. The van der Waals surface area contributed by atoms with Crippen molar-refractivity contribution in [2.75, 3.05) is 18.1 Å². The summed E-state index contributed by atoms with van der Waals surface area (Å²) in [6.07, 6.45) is 1.30. The maximum absolute atomic E-state index is 13.2. The van der Waals surface area contributed by atoms with Gasteiger partial charge >= 0.3 is 12.0 Å². The summed E-state index contributed by atoms with van der Waals surface area (Å²) >= 11 is 6.65. The monoisotopic (exact) mass is 568 g/mol. The van der Waals surface area contributed by atoms with Crippen LogP contribution in [0, 0.1) is 5.82 Å². The van der Waals surface area contributed by atoms with Crippen LogP contribution >= 0.6 is 31.9 Å². The first-order valence-corrected chi connectivity index (χ1v) is 10.7. The van der Waals surface area contributed by atoms with Gasteiger partial charge in [-0.25, -0.2) is 18.9 Å². The third-order valence-corrected chi connectivity index (χ3v) is 5.34. The Morgan fingerprint density at radius 3 is 2.34 bits per heavy atom. The lowest BCUT2D eigenvalue weighted by molar-refractivity contribution is -0.145. The number of esters is 1. The highest BCUT2D eigenvalue weighted by molar-refractivity contribution is 9.11. The summed E-state index contributed by atoms with van der Waals surface area (Å²) in [5.41, 5.74) is 0.240. The molecule has 166 valence electrons. The molecule has 2 aromatic rings. The molecular formula is C21H15Br2FN2O6. The van der Waals surface area contributed by atoms with Gasteiger partial charge in [0.2, 0.25) is 0 Å². The van der Waals surface area contributed by atoms with Gasteiger partial charge in [0.25, 0.3) is 11.8 Å². The zero-order valence-electron chi connectivity index (χ0n) is 16.5. The second kappa shape index (κ2) is 10.0. The van der Waals surface area contributed by atoms with Gasteiger partial charge < -0.3 is 9.47 Å². The Balaban J connectivity index is 1.89. The van der Waals surface area contributed by atoms with Gasteiger partial charge in [0.1, 0.15) is 17.1 Å². The molecule has 1 fully saturated rings. The number of nitrogens with one attached hydrogen (secondary N) is 1. The van der Waals surface area contributed by atoms with E-state index in [1.165, 1.54) is 18.2 Å². The smallest absolute Gasteiger partial charge is 0.344 e. The maximum atomic E-state index is 13.2. The molecule has 0 unspecified atom stereocenters. The summed E-state index contributed by atoms with van der Waals surface area (Å²) in [5, 5.41) is 2.09. The van der Waals surface area contributed by atoms with Crippen LogP contribution in [-0.4, -0.2) is 37.0 Å². The van der Waals surface area contributed by atoms with Crippen molar-refractivity contribution >= 4 is 67.4 Å². The maximum Gasteiger partial charge on any atom is 0.344 e. The molecule has 1 aliphatic heterocycles. The van der Waals surface area contributed by atoms with Crippen LogP contribution in [0.15, 0.2) is 50.9 Å². The molecule has 1 N–H and O–H groups in total. The Morgan fingerprint density at radius 2 is 1.75 bits per heavy atom. The molecule has 32 heavy (non-hydrogen) atoms. The molecule has 0 aliphatic carbocycles. The van der Waals surface area contributed by atoms with E-state index in [0.717, 1.165) is 17.0 Å². The van der Waals surface area contributed by atoms with Crippen molar-refractivity contribution in [3.8, 4) is 5.75 Å². The van der Waals surface area contributed by atoms with E-state index in [4.69, 9.17) is 9.47 Å². The molecule has 4 amide bonds. The Morgan fingerprint density at radius 1 is 1.12 bits per heavy atom. The number of amides is 4. The van der Waals surface area contributed by atoms with Gasteiger partial charge in [-0.1, -0.05) is 0 Å². The van der Waals surface area contributed by atoms with Crippen molar-refractivity contribution in [1.29, 1.82) is 0 Å². The highest BCUT2D eigenvalue weighted by Gasteiger charge is 2.36. The van der Waals surface area contributed by atoms with E-state index in [-0.39, 0.29) is 24.5 Å². The fourth-order valence-corrected chi connectivity index (χ4v) is 4.23. The number of benzene rings is 2. The molecule has 2 aromatic carbocycles. The standard InChI is InChI=1S/C21H15Br2FN2O6/c1-2-31-17(27)10-32-18-15(22)8-11(9-16(18)23)7-14-19(28)25-21(30)26(20(14)29)13-5-3-12(24)4-6-13/h3-9H,2,10H2,1H3,(H,25,28,30)/b14-7+. The molecular weight excluding hydrogens is 555 g/mol. The van der Waals surface area contributed by atoms with Crippen molar-refractivity contribution < 1.29 is 33.0 Å². The summed E-state index contributed by atoms with van der Waals surface area (Å²) in [6, 6.07) is 6.90. The first-order valence-electron chi connectivity index (χ1n) is 9.15. The fraction of sp³-hybridized carbons (Fsp3) is 0.143. The van der Waals surface area contributed by atoms with Gasteiger partial charge in [0, 0.05) is 0 Å². The Hall–Kier alpha value is -3.05. The van der Waals surface area contributed by atoms with Gasteiger partial charge in [-0.05, 0) is 86.8 Å². The minimum atomic E-state index is -0.936. The normalized spacial score (nSPS) is 15.1. The molecule has 1 heterocycles. The van der Waals surface area contributed by atoms with Crippen LogP contribution in [-0.2, 0) is 19.1 Å². The van der Waals surface area contributed by atoms with Crippen molar-refractivity contribution in [3.63, 3.8) is 0 Å². The van der Waals surface area contributed by atoms with Gasteiger partial charge in [-0.15, -0.1) is 0 Å². The average Bonchev–Trinajstić information content (AvgIpc) is 2.72. The van der Waals surface area contributed by atoms with Crippen LogP contribution in [0.4, 0.5) is 14.9 Å². The second-order valence-electron chi connectivity index (χ2n) is 6.34. The van der Waals surface area contributed by atoms with Crippen LogP contribution in [0.25, 0.3) is 6.08 Å². The van der Waals surface area contributed by atoms with E-state index in [1.54, 1.807) is 19.1 Å². The first kappa shape index (κ1) is 23.6. The molecule has 3 rings (SSSR count).